The van der Waals surface area contributed by atoms with Gasteiger partial charge in [-0.15, -0.1) is 0 Å². The zero-order valence-corrected chi connectivity index (χ0v) is 7.58. The number of hydrogen-bond acceptors (Lipinski definition) is 4. The molecule has 0 fully saturated rings. The maximum atomic E-state index is 5.73. The van der Waals surface area contributed by atoms with Crippen LogP contribution >= 0.6 is 23.2 Å². The molecule has 0 unspecified atom stereocenters. The molecule has 4 nitrogen and oxygen atoms in total. The van der Waals surface area contributed by atoms with Crippen molar-refractivity contribution in [2.24, 2.45) is 11.7 Å². The monoisotopic (exact) mass is 206 g/mol. The third-order valence-electron chi connectivity index (χ3n) is 1.37. The Kier molecular flexibility index (Phi) is 2.99. The number of nitrogens with two attached hydrogens (primary N) is 2. The Morgan fingerprint density at radius 2 is 1.25 bits per heavy atom. The van der Waals surface area contributed by atoms with E-state index in [0.29, 0.717) is 21.4 Å². The predicted molar refractivity (Wildman–Crippen MR) is 52.1 cm³/mol. The highest BCUT2D eigenvalue weighted by Crippen LogP contribution is 2.31. The SMILES string of the molecule is NNc1cc(Cl)c(Cl)cc1NN. The van der Waals surface area contributed by atoms with Crippen LogP contribution in [-0.2, 0) is 0 Å². The van der Waals surface area contributed by atoms with Crippen molar-refractivity contribution < 1.29 is 0 Å². The van der Waals surface area contributed by atoms with Crippen molar-refractivity contribution in [2.45, 2.75) is 0 Å². The van der Waals surface area contributed by atoms with E-state index in [1.165, 1.54) is 0 Å². The molecule has 0 aliphatic carbocycles. The lowest BCUT2D eigenvalue weighted by molar-refractivity contribution is 1.30. The second kappa shape index (κ2) is 3.82. The van der Waals surface area contributed by atoms with E-state index in [1.54, 1.807) is 12.1 Å². The normalized spacial score (nSPS) is 9.67. The van der Waals surface area contributed by atoms with E-state index in [1.807, 2.05) is 0 Å². The predicted octanol–water partition coefficient (Wildman–Crippen LogP) is 1.56. The van der Waals surface area contributed by atoms with Crippen LogP contribution < -0.4 is 22.5 Å². The Labute approximate surface area is 79.8 Å². The molecule has 6 N–H and O–H groups in total. The Balaban J connectivity index is 3.19. The molecular weight excluding hydrogens is 199 g/mol. The van der Waals surface area contributed by atoms with Crippen molar-refractivity contribution in [3.05, 3.63) is 22.2 Å². The van der Waals surface area contributed by atoms with Crippen LogP contribution in [0.2, 0.25) is 10.0 Å². The molecule has 0 atom stereocenters. The minimum atomic E-state index is 0.420. The molecule has 0 radical (unpaired) electrons. The highest BCUT2D eigenvalue weighted by Gasteiger charge is 2.04. The van der Waals surface area contributed by atoms with Gasteiger partial charge >= 0.3 is 0 Å². The average molecular weight is 207 g/mol. The Bertz CT molecular complexity index is 260. The summed E-state index contributed by atoms with van der Waals surface area (Å²) >= 11 is 11.5. The van der Waals surface area contributed by atoms with E-state index in [-0.39, 0.29) is 0 Å². The van der Waals surface area contributed by atoms with Crippen LogP contribution in [-0.4, -0.2) is 0 Å². The van der Waals surface area contributed by atoms with Crippen molar-refractivity contribution in [2.75, 3.05) is 10.9 Å². The average Bonchev–Trinajstić information content (AvgIpc) is 2.09. The Morgan fingerprint density at radius 3 is 1.50 bits per heavy atom. The van der Waals surface area contributed by atoms with Crippen LogP contribution in [0.1, 0.15) is 0 Å². The van der Waals surface area contributed by atoms with Crippen molar-refractivity contribution in [3.63, 3.8) is 0 Å². The fraction of sp³-hybridized carbons (Fsp3) is 0. The number of rotatable bonds is 2. The van der Waals surface area contributed by atoms with Crippen molar-refractivity contribution >= 4 is 34.6 Å². The summed E-state index contributed by atoms with van der Waals surface area (Å²) < 4.78 is 0. The number of nitrogen functional groups attached to an aromatic ring is 2. The summed E-state index contributed by atoms with van der Waals surface area (Å²) in [4.78, 5) is 0. The van der Waals surface area contributed by atoms with Gasteiger partial charge in [-0.3, -0.25) is 11.7 Å². The fourth-order valence-corrected chi connectivity index (χ4v) is 1.11. The second-order valence-corrected chi connectivity index (χ2v) is 2.91. The first-order valence-electron chi connectivity index (χ1n) is 3.11. The molecule has 1 aromatic carbocycles. The first kappa shape index (κ1) is 9.41. The van der Waals surface area contributed by atoms with Gasteiger partial charge in [-0.05, 0) is 12.1 Å². The lowest BCUT2D eigenvalue weighted by Gasteiger charge is -2.09. The van der Waals surface area contributed by atoms with Crippen LogP contribution in [0.15, 0.2) is 12.1 Å². The largest absolute Gasteiger partial charge is 0.322 e. The van der Waals surface area contributed by atoms with Gasteiger partial charge in [0.05, 0.1) is 21.4 Å². The van der Waals surface area contributed by atoms with E-state index < -0.39 is 0 Å². The summed E-state index contributed by atoms with van der Waals surface area (Å²) in [6, 6.07) is 3.16. The van der Waals surface area contributed by atoms with Gasteiger partial charge in [-0.25, -0.2) is 0 Å². The summed E-state index contributed by atoms with van der Waals surface area (Å²) in [7, 11) is 0. The van der Waals surface area contributed by atoms with Crippen LogP contribution in [0.3, 0.4) is 0 Å². The molecule has 0 aromatic heterocycles. The second-order valence-electron chi connectivity index (χ2n) is 2.10. The smallest absolute Gasteiger partial charge is 0.0747 e. The lowest BCUT2D eigenvalue weighted by Crippen LogP contribution is -2.13. The van der Waals surface area contributed by atoms with Gasteiger partial charge in [0.2, 0.25) is 0 Å². The zero-order chi connectivity index (χ0) is 9.14. The molecule has 12 heavy (non-hydrogen) atoms. The van der Waals surface area contributed by atoms with E-state index in [0.717, 1.165) is 0 Å². The third kappa shape index (κ3) is 1.73. The first-order chi connectivity index (χ1) is 5.69. The molecule has 0 spiro atoms. The third-order valence-corrected chi connectivity index (χ3v) is 2.09. The van der Waals surface area contributed by atoms with Gasteiger partial charge in [-0.1, -0.05) is 23.2 Å². The molecule has 1 aromatic rings. The van der Waals surface area contributed by atoms with E-state index in [2.05, 4.69) is 10.9 Å². The molecule has 0 saturated heterocycles. The van der Waals surface area contributed by atoms with E-state index in [9.17, 15) is 0 Å². The molecule has 1 rings (SSSR count). The summed E-state index contributed by atoms with van der Waals surface area (Å²) in [6.07, 6.45) is 0. The van der Waals surface area contributed by atoms with Crippen molar-refractivity contribution in [1.82, 2.24) is 0 Å². The van der Waals surface area contributed by atoms with E-state index >= 15 is 0 Å². The molecule has 0 saturated carbocycles. The standard InChI is InChI=1S/C6H8Cl2N4/c7-3-1-5(11-9)6(12-10)2-4(3)8/h1-2,11-12H,9-10H2. The molecule has 6 heteroatoms. The summed E-state index contributed by atoms with van der Waals surface area (Å²) in [6.45, 7) is 0. The van der Waals surface area contributed by atoms with Gasteiger partial charge in [0, 0.05) is 0 Å². The fourth-order valence-electron chi connectivity index (χ4n) is 0.786. The first-order valence-corrected chi connectivity index (χ1v) is 3.87. The van der Waals surface area contributed by atoms with Gasteiger partial charge in [0.1, 0.15) is 0 Å². The van der Waals surface area contributed by atoms with Gasteiger partial charge in [0.25, 0.3) is 0 Å². The van der Waals surface area contributed by atoms with Crippen LogP contribution in [0.25, 0.3) is 0 Å². The molecule has 0 heterocycles. The number of benzene rings is 1. The topological polar surface area (TPSA) is 76.1 Å². The van der Waals surface area contributed by atoms with Gasteiger partial charge < -0.3 is 10.9 Å². The van der Waals surface area contributed by atoms with Crippen LogP contribution in [0.4, 0.5) is 11.4 Å². The molecule has 0 amide bonds. The number of anilines is 2. The Morgan fingerprint density at radius 1 is 0.917 bits per heavy atom. The van der Waals surface area contributed by atoms with Gasteiger partial charge in [-0.2, -0.15) is 0 Å². The molecule has 66 valence electrons. The minimum Gasteiger partial charge on any atom is -0.322 e. The number of hydrazine groups is 2. The maximum absolute atomic E-state index is 5.73. The Hall–Kier alpha value is -0.680. The zero-order valence-electron chi connectivity index (χ0n) is 6.07. The molecule has 0 bridgehead atoms. The summed E-state index contributed by atoms with van der Waals surface area (Å²) in [5.41, 5.74) is 6.04. The summed E-state index contributed by atoms with van der Waals surface area (Å²) in [5.74, 6) is 10.4. The highest BCUT2D eigenvalue weighted by molar-refractivity contribution is 6.42. The number of nitrogens with one attached hydrogen (secondary N) is 2. The summed E-state index contributed by atoms with van der Waals surface area (Å²) in [5, 5.41) is 0.840. The lowest BCUT2D eigenvalue weighted by atomic mass is 10.3. The molecule has 0 aliphatic heterocycles. The number of halogens is 2. The van der Waals surface area contributed by atoms with Crippen LogP contribution in [0, 0.1) is 0 Å². The van der Waals surface area contributed by atoms with Gasteiger partial charge in [0.15, 0.2) is 0 Å². The molecular formula is C6H8Cl2N4. The minimum absolute atomic E-state index is 0.420. The molecule has 0 aliphatic rings. The van der Waals surface area contributed by atoms with Crippen molar-refractivity contribution in [3.8, 4) is 0 Å². The van der Waals surface area contributed by atoms with Crippen molar-refractivity contribution in [1.29, 1.82) is 0 Å². The quantitative estimate of drug-likeness (QED) is 0.438. The number of hydrogen-bond donors (Lipinski definition) is 4. The highest BCUT2D eigenvalue weighted by atomic mass is 35.5. The van der Waals surface area contributed by atoms with E-state index in [4.69, 9.17) is 34.9 Å². The maximum Gasteiger partial charge on any atom is 0.0747 e. The van der Waals surface area contributed by atoms with Crippen LogP contribution in [0.5, 0.6) is 0 Å².